The summed E-state index contributed by atoms with van der Waals surface area (Å²) in [7, 11) is 1.05. The number of likely N-dealkylation sites (N-methyl/N-ethyl adjacent to an activating group) is 1. The van der Waals surface area contributed by atoms with Gasteiger partial charge in [0.25, 0.3) is 7.82 Å². The number of aliphatic hydroxyl groups is 1. The minimum atomic E-state index is -4.67. The molecule has 0 heterocycles. The predicted octanol–water partition coefficient (Wildman–Crippen LogP) is 11.1. The number of hydrogen-bond donors (Lipinski definition) is 1. The highest BCUT2D eigenvalue weighted by Gasteiger charge is 2.21. The number of hydrogen-bond acceptors (Lipinski definition) is 9. The Bertz CT molecular complexity index is 1300. The van der Waals surface area contributed by atoms with E-state index < -0.39 is 38.6 Å². The second-order valence-corrected chi connectivity index (χ2v) is 17.3. The van der Waals surface area contributed by atoms with Crippen molar-refractivity contribution < 1.29 is 47.2 Å². The molecule has 2 unspecified atom stereocenters. The molecular weight excluding hydrogens is 765 g/mol. The van der Waals surface area contributed by atoms with E-state index in [1.165, 1.54) is 44.9 Å². The molecule has 0 amide bonds. The zero-order valence-electron chi connectivity index (χ0n) is 37.5. The number of rotatable bonds is 39. The molecule has 0 spiro atoms. The fourth-order valence-corrected chi connectivity index (χ4v) is 6.11. The molecule has 10 nitrogen and oxygen atoms in total. The van der Waals surface area contributed by atoms with Crippen LogP contribution in [0.15, 0.2) is 85.1 Å². The zero-order valence-corrected chi connectivity index (χ0v) is 38.4. The summed E-state index contributed by atoms with van der Waals surface area (Å²) in [5.74, 6) is -0.999. The van der Waals surface area contributed by atoms with Crippen LogP contribution in [0.5, 0.6) is 0 Å². The van der Waals surface area contributed by atoms with Crippen LogP contribution in [-0.4, -0.2) is 81.2 Å². The van der Waals surface area contributed by atoms with Crippen molar-refractivity contribution in [1.82, 2.24) is 0 Å². The second-order valence-electron chi connectivity index (χ2n) is 15.9. The molecule has 0 aromatic rings. The predicted molar refractivity (Wildman–Crippen MR) is 242 cm³/mol. The van der Waals surface area contributed by atoms with Crippen LogP contribution in [0, 0.1) is 0 Å². The molecule has 59 heavy (non-hydrogen) atoms. The molecule has 0 aliphatic carbocycles. The van der Waals surface area contributed by atoms with Crippen molar-refractivity contribution in [3.8, 4) is 0 Å². The molecule has 0 aliphatic rings. The van der Waals surface area contributed by atoms with Crippen molar-refractivity contribution in [1.29, 1.82) is 0 Å². The van der Waals surface area contributed by atoms with Crippen molar-refractivity contribution >= 4 is 19.8 Å². The molecule has 0 fully saturated rings. The molecule has 0 radical (unpaired) electrons. The summed E-state index contributed by atoms with van der Waals surface area (Å²) in [6, 6.07) is 0. The first-order chi connectivity index (χ1) is 28.4. The van der Waals surface area contributed by atoms with Gasteiger partial charge in [0, 0.05) is 12.8 Å². The van der Waals surface area contributed by atoms with Crippen LogP contribution in [0.2, 0.25) is 0 Å². The lowest BCUT2D eigenvalue weighted by Gasteiger charge is -2.28. The van der Waals surface area contributed by atoms with E-state index in [-0.39, 0.29) is 26.1 Å². The summed E-state index contributed by atoms with van der Waals surface area (Å²) in [6.45, 7) is 3.95. The molecule has 3 atom stereocenters. The van der Waals surface area contributed by atoms with Gasteiger partial charge in [-0.25, -0.2) is 0 Å². The van der Waals surface area contributed by atoms with E-state index in [4.69, 9.17) is 18.5 Å². The fourth-order valence-electron chi connectivity index (χ4n) is 5.38. The van der Waals surface area contributed by atoms with E-state index in [9.17, 15) is 24.2 Å². The Morgan fingerprint density at radius 2 is 1.15 bits per heavy atom. The summed E-state index contributed by atoms with van der Waals surface area (Å²) in [5.41, 5.74) is 0. The quantitative estimate of drug-likeness (QED) is 0.0160. The maximum Gasteiger partial charge on any atom is 0.306 e. The number of carbonyl (C=O) groups excluding carboxylic acids is 2. The molecule has 0 aliphatic heterocycles. The van der Waals surface area contributed by atoms with Gasteiger partial charge in [-0.15, -0.1) is 0 Å². The molecule has 11 heteroatoms. The number of esters is 2. The van der Waals surface area contributed by atoms with Crippen LogP contribution in [0.25, 0.3) is 0 Å². The summed E-state index contributed by atoms with van der Waals surface area (Å²) in [5, 5.41) is 10.2. The lowest BCUT2D eigenvalue weighted by Crippen LogP contribution is -2.37. The fraction of sp³-hybridized carbons (Fsp3) is 0.667. The Balaban J connectivity index is 4.60. The normalized spacial score (nSPS) is 14.9. The summed E-state index contributed by atoms with van der Waals surface area (Å²) in [4.78, 5) is 37.5. The Labute approximate surface area is 359 Å². The number of ether oxygens (including phenoxy) is 2. The van der Waals surface area contributed by atoms with Gasteiger partial charge in [0.15, 0.2) is 6.10 Å². The van der Waals surface area contributed by atoms with Crippen molar-refractivity contribution in [2.45, 2.75) is 161 Å². The lowest BCUT2D eigenvalue weighted by atomic mass is 10.1. The van der Waals surface area contributed by atoms with Gasteiger partial charge < -0.3 is 33.0 Å². The molecular formula is C48H82NO9P. The Kier molecular flexibility index (Phi) is 37.4. The molecule has 0 saturated heterocycles. The van der Waals surface area contributed by atoms with Crippen molar-refractivity contribution in [3.63, 3.8) is 0 Å². The average molecular weight is 848 g/mol. The minimum Gasteiger partial charge on any atom is -0.756 e. The van der Waals surface area contributed by atoms with Gasteiger partial charge >= 0.3 is 11.9 Å². The third-order valence-corrected chi connectivity index (χ3v) is 9.93. The van der Waals surface area contributed by atoms with E-state index in [0.29, 0.717) is 36.7 Å². The Morgan fingerprint density at radius 3 is 1.75 bits per heavy atom. The van der Waals surface area contributed by atoms with Crippen LogP contribution in [0.4, 0.5) is 0 Å². The lowest BCUT2D eigenvalue weighted by molar-refractivity contribution is -0.870. The molecule has 0 aromatic carbocycles. The number of phosphoric acid groups is 1. The monoisotopic (exact) mass is 848 g/mol. The number of nitrogens with zero attached hydrogens (tertiary/aromatic N) is 1. The third kappa shape index (κ3) is 43.1. The topological polar surface area (TPSA) is 131 Å². The van der Waals surface area contributed by atoms with E-state index in [0.717, 1.165) is 51.4 Å². The van der Waals surface area contributed by atoms with Gasteiger partial charge in [-0.05, 0) is 83.5 Å². The first kappa shape index (κ1) is 56.1. The summed E-state index contributed by atoms with van der Waals surface area (Å²) in [6.07, 6.45) is 46.4. The van der Waals surface area contributed by atoms with Crippen molar-refractivity contribution in [2.75, 3.05) is 47.5 Å². The standard InChI is InChI=1S/C48H82NO9P/c1-6-8-10-12-14-16-17-18-19-20-21-22-23-25-27-31-35-39-47(51)55-43-46(44-57-59(53,54)56-42-41-49(3,4)5)58-48(52)40-36-32-28-30-34-38-45(50)37-33-29-26-24-15-13-11-9-7-2/h14-16,18-19,21-22,24,28-30,33-34,38,45-46,50H,6-13,17,20,23,25-27,31-32,35-37,39-44H2,1-5H3/b16-14-,19-18-,22-21-,24-15-,30-28+,33-29-,38-34-/t45?,46-/m1/s1. The zero-order chi connectivity index (χ0) is 43.7. The van der Waals surface area contributed by atoms with Gasteiger partial charge in [-0.3, -0.25) is 14.2 Å². The van der Waals surface area contributed by atoms with Crippen molar-refractivity contribution in [2.24, 2.45) is 0 Å². The summed E-state index contributed by atoms with van der Waals surface area (Å²) >= 11 is 0. The first-order valence-electron chi connectivity index (χ1n) is 22.4. The number of quaternary nitrogens is 1. The van der Waals surface area contributed by atoms with Crippen LogP contribution < -0.4 is 4.89 Å². The van der Waals surface area contributed by atoms with Crippen LogP contribution >= 0.6 is 7.82 Å². The van der Waals surface area contributed by atoms with Gasteiger partial charge in [0.1, 0.15) is 19.8 Å². The minimum absolute atomic E-state index is 0.0649. The summed E-state index contributed by atoms with van der Waals surface area (Å²) < 4.78 is 33.7. The van der Waals surface area contributed by atoms with E-state index >= 15 is 0 Å². The molecule has 338 valence electrons. The van der Waals surface area contributed by atoms with Crippen LogP contribution in [0.1, 0.15) is 149 Å². The molecule has 0 aromatic heterocycles. The van der Waals surface area contributed by atoms with Crippen molar-refractivity contribution in [3.05, 3.63) is 85.1 Å². The Morgan fingerprint density at radius 1 is 0.627 bits per heavy atom. The maximum atomic E-state index is 12.7. The molecule has 0 rings (SSSR count). The number of unbranched alkanes of at least 4 members (excludes halogenated alkanes) is 11. The van der Waals surface area contributed by atoms with E-state index in [1.54, 1.807) is 12.2 Å². The van der Waals surface area contributed by atoms with Crippen LogP contribution in [-0.2, 0) is 32.7 Å². The van der Waals surface area contributed by atoms with E-state index in [1.807, 2.05) is 39.4 Å². The van der Waals surface area contributed by atoms with Gasteiger partial charge in [0.2, 0.25) is 0 Å². The van der Waals surface area contributed by atoms with Gasteiger partial charge in [-0.1, -0.05) is 137 Å². The smallest absolute Gasteiger partial charge is 0.306 e. The van der Waals surface area contributed by atoms with Crippen LogP contribution in [0.3, 0.4) is 0 Å². The average Bonchev–Trinajstić information content (AvgIpc) is 3.18. The largest absolute Gasteiger partial charge is 0.756 e. The SMILES string of the molecule is CCCCC/C=C\C/C=C\C/C=C\CCCCCCC(=O)OC[C@H](COP(=O)([O-])OCC[N+](C)(C)C)OC(=O)CCC/C=C/C=C\C(O)C/C=C\C/C=C\CCCCC. The highest BCUT2D eigenvalue weighted by atomic mass is 31.2. The number of aliphatic hydroxyl groups excluding tert-OH is 1. The second kappa shape index (κ2) is 39.3. The van der Waals surface area contributed by atoms with Gasteiger partial charge in [-0.2, -0.15) is 0 Å². The number of carbonyl (C=O) groups is 2. The number of allylic oxidation sites excluding steroid dienone is 12. The highest BCUT2D eigenvalue weighted by molar-refractivity contribution is 7.45. The molecule has 0 saturated carbocycles. The molecule has 0 bridgehead atoms. The number of phosphoric ester groups is 1. The maximum absolute atomic E-state index is 12.7. The van der Waals surface area contributed by atoms with Gasteiger partial charge in [0.05, 0.1) is 33.9 Å². The Hall–Kier alpha value is -2.85. The highest BCUT2D eigenvalue weighted by Crippen LogP contribution is 2.38. The van der Waals surface area contributed by atoms with E-state index in [2.05, 4.69) is 68.5 Å². The third-order valence-electron chi connectivity index (χ3n) is 8.97. The first-order valence-corrected chi connectivity index (χ1v) is 23.9. The molecule has 1 N–H and O–H groups in total.